The fourth-order valence-electron chi connectivity index (χ4n) is 2.97. The molecule has 2 saturated heterocycles. The van der Waals surface area contributed by atoms with Gasteiger partial charge in [-0.1, -0.05) is 0 Å². The smallest absolute Gasteiger partial charge is 0.306 e. The Morgan fingerprint density at radius 1 is 1.57 bits per heavy atom. The van der Waals surface area contributed by atoms with Crippen molar-refractivity contribution >= 4 is 35.0 Å². The molecule has 2 aliphatic rings. The SMILES string of the molecule is CC12CCC(=O)N1C(C(=O)Nc1ccc(F)c([N+](=O)[O-])c1)CS2. The number of nitrogens with zero attached hydrogens (tertiary/aromatic N) is 2. The van der Waals surface area contributed by atoms with Crippen LogP contribution in [0.2, 0.25) is 0 Å². The molecule has 1 N–H and O–H groups in total. The minimum Gasteiger partial charge on any atom is -0.324 e. The van der Waals surface area contributed by atoms with Crippen molar-refractivity contribution in [3.8, 4) is 0 Å². The Hall–Kier alpha value is -2.16. The van der Waals surface area contributed by atoms with Gasteiger partial charge in [-0.3, -0.25) is 19.7 Å². The van der Waals surface area contributed by atoms with Gasteiger partial charge in [0.15, 0.2) is 0 Å². The Bertz CT molecular complexity index is 713. The molecule has 3 rings (SSSR count). The molecule has 0 spiro atoms. The van der Waals surface area contributed by atoms with E-state index < -0.39 is 28.4 Å². The fraction of sp³-hybridized carbons (Fsp3) is 0.429. The number of nitrogens with one attached hydrogen (secondary N) is 1. The number of amides is 2. The summed E-state index contributed by atoms with van der Waals surface area (Å²) in [6.45, 7) is 1.93. The number of hydrogen-bond donors (Lipinski definition) is 1. The Balaban J connectivity index is 1.79. The first-order chi connectivity index (χ1) is 10.8. The molecule has 1 aromatic rings. The van der Waals surface area contributed by atoms with Crippen LogP contribution in [-0.2, 0) is 9.59 Å². The standard InChI is InChI=1S/C14H14FN3O4S/c1-14-5-4-12(19)17(14)11(7-23-14)13(20)16-8-2-3-9(15)10(6-8)18(21)22/h2-3,6,11H,4-5,7H2,1H3,(H,16,20). The molecule has 2 unspecified atom stereocenters. The molecule has 0 aliphatic carbocycles. The monoisotopic (exact) mass is 339 g/mol. The summed E-state index contributed by atoms with van der Waals surface area (Å²) in [5.41, 5.74) is -0.570. The summed E-state index contributed by atoms with van der Waals surface area (Å²) < 4.78 is 13.3. The van der Waals surface area contributed by atoms with Crippen molar-refractivity contribution in [2.45, 2.75) is 30.7 Å². The highest BCUT2D eigenvalue weighted by molar-refractivity contribution is 8.01. The molecule has 1 aromatic carbocycles. The van der Waals surface area contributed by atoms with Crippen molar-refractivity contribution in [3.05, 3.63) is 34.1 Å². The lowest BCUT2D eigenvalue weighted by molar-refractivity contribution is -0.387. The van der Waals surface area contributed by atoms with E-state index in [9.17, 15) is 24.1 Å². The summed E-state index contributed by atoms with van der Waals surface area (Å²) in [5.74, 6) is -0.982. The zero-order valence-electron chi connectivity index (χ0n) is 12.2. The first-order valence-corrected chi connectivity index (χ1v) is 8.01. The van der Waals surface area contributed by atoms with Gasteiger partial charge >= 0.3 is 5.69 Å². The van der Waals surface area contributed by atoms with Gasteiger partial charge in [0.25, 0.3) is 0 Å². The Morgan fingerprint density at radius 3 is 3.00 bits per heavy atom. The molecule has 9 heteroatoms. The molecular weight excluding hydrogens is 325 g/mol. The molecular formula is C14H14FN3O4S. The van der Waals surface area contributed by atoms with Crippen LogP contribution >= 0.6 is 11.8 Å². The van der Waals surface area contributed by atoms with E-state index >= 15 is 0 Å². The van der Waals surface area contributed by atoms with E-state index in [0.29, 0.717) is 18.6 Å². The summed E-state index contributed by atoms with van der Waals surface area (Å²) in [6, 6.07) is 2.54. The van der Waals surface area contributed by atoms with Crippen molar-refractivity contribution < 1.29 is 18.9 Å². The molecule has 2 heterocycles. The third kappa shape index (κ3) is 2.65. The van der Waals surface area contributed by atoms with E-state index in [4.69, 9.17) is 0 Å². The third-order valence-corrected chi connectivity index (χ3v) is 5.66. The number of halogens is 1. The van der Waals surface area contributed by atoms with E-state index in [1.807, 2.05) is 6.92 Å². The molecule has 2 amide bonds. The molecule has 2 atom stereocenters. The van der Waals surface area contributed by atoms with Crippen LogP contribution in [0.5, 0.6) is 0 Å². The zero-order valence-corrected chi connectivity index (χ0v) is 13.1. The average molecular weight is 339 g/mol. The van der Waals surface area contributed by atoms with Gasteiger partial charge in [-0.05, 0) is 25.5 Å². The highest BCUT2D eigenvalue weighted by Gasteiger charge is 2.52. The van der Waals surface area contributed by atoms with Crippen LogP contribution in [0.1, 0.15) is 19.8 Å². The lowest BCUT2D eigenvalue weighted by Gasteiger charge is -2.29. The van der Waals surface area contributed by atoms with Crippen LogP contribution in [0.15, 0.2) is 18.2 Å². The lowest BCUT2D eigenvalue weighted by atomic mass is 10.2. The number of anilines is 1. The maximum atomic E-state index is 13.3. The topological polar surface area (TPSA) is 92.6 Å². The van der Waals surface area contributed by atoms with Crippen LogP contribution in [-0.4, -0.2) is 38.3 Å². The highest BCUT2D eigenvalue weighted by atomic mass is 32.2. The van der Waals surface area contributed by atoms with Gasteiger partial charge in [0.1, 0.15) is 6.04 Å². The van der Waals surface area contributed by atoms with E-state index in [1.54, 1.807) is 16.7 Å². The summed E-state index contributed by atoms with van der Waals surface area (Å²) in [4.78, 5) is 35.6. The molecule has 0 saturated carbocycles. The number of hydrogen-bond acceptors (Lipinski definition) is 5. The minimum atomic E-state index is -0.966. The largest absolute Gasteiger partial charge is 0.324 e. The van der Waals surface area contributed by atoms with E-state index in [1.165, 1.54) is 6.07 Å². The number of thioether (sulfide) groups is 1. The summed E-state index contributed by atoms with van der Waals surface area (Å²) in [6.07, 6.45) is 1.11. The Kier molecular flexibility index (Phi) is 3.75. The number of nitro groups is 1. The average Bonchev–Trinajstić information content (AvgIpc) is 2.98. The molecule has 0 aromatic heterocycles. The number of carbonyl (C=O) groups is 2. The quantitative estimate of drug-likeness (QED) is 0.673. The van der Waals surface area contributed by atoms with E-state index in [0.717, 1.165) is 12.1 Å². The van der Waals surface area contributed by atoms with Gasteiger partial charge in [0.2, 0.25) is 17.6 Å². The first-order valence-electron chi connectivity index (χ1n) is 7.03. The normalized spacial score (nSPS) is 26.3. The number of carbonyl (C=O) groups excluding carboxylic acids is 2. The second-order valence-electron chi connectivity index (χ2n) is 5.68. The van der Waals surface area contributed by atoms with E-state index in [-0.39, 0.29) is 16.5 Å². The van der Waals surface area contributed by atoms with E-state index in [2.05, 4.69) is 5.32 Å². The van der Waals surface area contributed by atoms with Crippen LogP contribution in [0.4, 0.5) is 15.8 Å². The maximum Gasteiger partial charge on any atom is 0.306 e. The number of rotatable bonds is 3. The molecule has 7 nitrogen and oxygen atoms in total. The predicted octanol–water partition coefficient (Wildman–Crippen LogP) is 2.13. The predicted molar refractivity (Wildman–Crippen MR) is 82.4 cm³/mol. The third-order valence-electron chi connectivity index (χ3n) is 4.16. The molecule has 0 bridgehead atoms. The van der Waals surface area contributed by atoms with Crippen LogP contribution < -0.4 is 5.32 Å². The summed E-state index contributed by atoms with van der Waals surface area (Å²) in [7, 11) is 0. The van der Waals surface area contributed by atoms with Crippen molar-refractivity contribution in [3.63, 3.8) is 0 Å². The maximum absolute atomic E-state index is 13.3. The van der Waals surface area contributed by atoms with Gasteiger partial charge < -0.3 is 10.2 Å². The van der Waals surface area contributed by atoms with Crippen molar-refractivity contribution in [1.82, 2.24) is 4.90 Å². The number of nitro benzene ring substituents is 1. The Labute approximate surface area is 135 Å². The number of fused-ring (bicyclic) bond motifs is 1. The summed E-state index contributed by atoms with van der Waals surface area (Å²) >= 11 is 1.55. The van der Waals surface area contributed by atoms with Crippen LogP contribution in [0.3, 0.4) is 0 Å². The lowest BCUT2D eigenvalue weighted by Crippen LogP contribution is -2.48. The second-order valence-corrected chi connectivity index (χ2v) is 7.18. The van der Waals surface area contributed by atoms with Crippen molar-refractivity contribution in [1.29, 1.82) is 0 Å². The molecule has 2 fully saturated rings. The minimum absolute atomic E-state index is 0.0669. The summed E-state index contributed by atoms with van der Waals surface area (Å²) in [5, 5.41) is 13.3. The van der Waals surface area contributed by atoms with Crippen molar-refractivity contribution in [2.75, 3.05) is 11.1 Å². The Morgan fingerprint density at radius 2 is 2.30 bits per heavy atom. The molecule has 2 aliphatic heterocycles. The first kappa shape index (κ1) is 15.7. The zero-order chi connectivity index (χ0) is 16.8. The van der Waals surface area contributed by atoms with Gasteiger partial charge in [-0.2, -0.15) is 4.39 Å². The van der Waals surface area contributed by atoms with Gasteiger partial charge in [-0.15, -0.1) is 11.8 Å². The van der Waals surface area contributed by atoms with Crippen molar-refractivity contribution in [2.24, 2.45) is 0 Å². The van der Waals surface area contributed by atoms with Gasteiger partial charge in [0, 0.05) is 23.9 Å². The highest BCUT2D eigenvalue weighted by Crippen LogP contribution is 2.47. The van der Waals surface area contributed by atoms with Gasteiger partial charge in [0.05, 0.1) is 9.79 Å². The molecule has 0 radical (unpaired) electrons. The van der Waals surface area contributed by atoms with Crippen LogP contribution in [0, 0.1) is 15.9 Å². The second kappa shape index (κ2) is 5.48. The number of benzene rings is 1. The fourth-order valence-corrected chi connectivity index (χ4v) is 4.40. The molecule has 23 heavy (non-hydrogen) atoms. The van der Waals surface area contributed by atoms with Crippen LogP contribution in [0.25, 0.3) is 0 Å². The molecule has 122 valence electrons. The van der Waals surface area contributed by atoms with Gasteiger partial charge in [-0.25, -0.2) is 0 Å².